The summed E-state index contributed by atoms with van der Waals surface area (Å²) in [5, 5.41) is 13.2. The van der Waals surface area contributed by atoms with Crippen LogP contribution in [-0.2, 0) is 10.2 Å². The van der Waals surface area contributed by atoms with Gasteiger partial charge in [-0.1, -0.05) is 20.8 Å². The predicted octanol–water partition coefficient (Wildman–Crippen LogP) is 7.00. The van der Waals surface area contributed by atoms with Crippen LogP contribution < -0.4 is 20.7 Å². The average Bonchev–Trinajstić information content (AvgIpc) is 3.45. The molecule has 0 aliphatic rings. The number of carbonyl (C=O) groups excluding carboxylic acids is 3. The van der Waals surface area contributed by atoms with Crippen molar-refractivity contribution in [2.24, 2.45) is 0 Å². The van der Waals surface area contributed by atoms with E-state index >= 15 is 4.39 Å². The summed E-state index contributed by atoms with van der Waals surface area (Å²) in [6.45, 7) is 11.4. The van der Waals surface area contributed by atoms with Crippen LogP contribution >= 0.6 is 0 Å². The normalized spacial score (nSPS) is 11.6. The number of fused-ring (bicyclic) bond motifs is 1. The minimum Gasteiger partial charge on any atom is -0.457 e. The van der Waals surface area contributed by atoms with Crippen molar-refractivity contribution >= 4 is 40.3 Å². The van der Waals surface area contributed by atoms with Gasteiger partial charge in [0.15, 0.2) is 0 Å². The lowest BCUT2D eigenvalue weighted by Crippen LogP contribution is -2.24. The quantitative estimate of drug-likeness (QED) is 0.159. The number of benzene rings is 2. The van der Waals surface area contributed by atoms with Crippen LogP contribution in [-0.4, -0.2) is 50.3 Å². The second-order valence-electron chi connectivity index (χ2n) is 13.0. The van der Waals surface area contributed by atoms with Crippen molar-refractivity contribution in [3.63, 3.8) is 0 Å². The van der Waals surface area contributed by atoms with Crippen LogP contribution in [0.2, 0.25) is 0 Å². The number of pyridine rings is 2. The lowest BCUT2D eigenvalue weighted by atomic mass is 9.92. The topological polar surface area (TPSA) is 149 Å². The number of urea groups is 1. The Hall–Kier alpha value is -5.85. The number of carbonyl (C=O) groups is 3. The van der Waals surface area contributed by atoms with Gasteiger partial charge in [0.05, 0.1) is 28.1 Å². The molecule has 0 aliphatic heterocycles. The van der Waals surface area contributed by atoms with Crippen molar-refractivity contribution in [1.29, 1.82) is 0 Å². The van der Waals surface area contributed by atoms with Crippen LogP contribution in [0.5, 0.6) is 11.5 Å². The van der Waals surface area contributed by atoms with Gasteiger partial charge in [-0.25, -0.2) is 18.7 Å². The van der Waals surface area contributed by atoms with Crippen molar-refractivity contribution in [3.05, 3.63) is 95.8 Å². The van der Waals surface area contributed by atoms with Crippen molar-refractivity contribution in [2.75, 3.05) is 17.7 Å². The summed E-state index contributed by atoms with van der Waals surface area (Å²) in [5.74, 6) is -0.850. The van der Waals surface area contributed by atoms with Gasteiger partial charge in [-0.15, -0.1) is 0 Å². The molecule has 248 valence electrons. The van der Waals surface area contributed by atoms with E-state index in [9.17, 15) is 14.4 Å². The standard InChI is InChI=1S/C35H36FN7O5/c1-34(2,3)29-18-30(43(42-29)22-8-10-26-20(15-22)14-21(19-39-26)32(45)48-35(4,5)6)41-33(46)40-27-11-9-23(16-25(27)36)47-24-12-13-38-28(17-24)31(44)37-7/h8-19H,1-7H3,(H,37,44)(H2,40,41,46). The molecule has 2 aromatic carbocycles. The first kappa shape index (κ1) is 33.5. The van der Waals surface area contributed by atoms with Crippen molar-refractivity contribution in [3.8, 4) is 17.2 Å². The zero-order valence-corrected chi connectivity index (χ0v) is 27.6. The third kappa shape index (κ3) is 7.92. The zero-order chi connectivity index (χ0) is 34.8. The molecule has 0 saturated heterocycles. The second kappa shape index (κ2) is 13.1. The van der Waals surface area contributed by atoms with E-state index in [1.165, 1.54) is 43.7 Å². The van der Waals surface area contributed by atoms with Crippen molar-refractivity contribution in [1.82, 2.24) is 25.1 Å². The van der Waals surface area contributed by atoms with Gasteiger partial charge >= 0.3 is 12.0 Å². The minimum absolute atomic E-state index is 0.0887. The molecule has 0 saturated carbocycles. The van der Waals surface area contributed by atoms with Gasteiger partial charge in [0.2, 0.25) is 0 Å². The summed E-state index contributed by atoms with van der Waals surface area (Å²) in [7, 11) is 1.48. The Morgan fingerprint density at radius 1 is 0.854 bits per heavy atom. The molecule has 0 radical (unpaired) electrons. The lowest BCUT2D eigenvalue weighted by Gasteiger charge is -2.19. The fraction of sp³-hybridized carbons (Fsp3) is 0.257. The predicted molar refractivity (Wildman–Crippen MR) is 179 cm³/mol. The number of nitrogens with one attached hydrogen (secondary N) is 3. The molecule has 3 heterocycles. The monoisotopic (exact) mass is 653 g/mol. The van der Waals surface area contributed by atoms with E-state index in [0.717, 1.165) is 6.07 Å². The van der Waals surface area contributed by atoms with Crippen LogP contribution in [0.15, 0.2) is 73.1 Å². The minimum atomic E-state index is -0.741. The van der Waals surface area contributed by atoms with Gasteiger partial charge in [0.25, 0.3) is 5.91 Å². The molecule has 0 unspecified atom stereocenters. The summed E-state index contributed by atoms with van der Waals surface area (Å²) in [5.41, 5.74) is 1.28. The largest absolute Gasteiger partial charge is 0.457 e. The number of nitrogens with zero attached hydrogens (tertiary/aromatic N) is 4. The number of hydrogen-bond acceptors (Lipinski definition) is 8. The second-order valence-corrected chi connectivity index (χ2v) is 13.0. The summed E-state index contributed by atoms with van der Waals surface area (Å²) in [6.07, 6.45) is 2.88. The van der Waals surface area contributed by atoms with Gasteiger partial charge < -0.3 is 20.1 Å². The van der Waals surface area contributed by atoms with Gasteiger partial charge in [-0.05, 0) is 63.2 Å². The molecule has 0 aliphatic carbocycles. The molecule has 12 nitrogen and oxygen atoms in total. The van der Waals surface area contributed by atoms with Gasteiger partial charge in [0.1, 0.15) is 34.4 Å². The molecule has 3 aromatic heterocycles. The van der Waals surface area contributed by atoms with Gasteiger partial charge in [-0.2, -0.15) is 5.10 Å². The smallest absolute Gasteiger partial charge is 0.340 e. The summed E-state index contributed by atoms with van der Waals surface area (Å²) in [4.78, 5) is 46.1. The Labute approximate surface area is 276 Å². The summed E-state index contributed by atoms with van der Waals surface area (Å²) < 4.78 is 27.8. The highest BCUT2D eigenvalue weighted by Gasteiger charge is 2.23. The first-order valence-corrected chi connectivity index (χ1v) is 15.1. The molecule has 5 aromatic rings. The molecule has 3 amide bonds. The number of ether oxygens (including phenoxy) is 2. The van der Waals surface area contributed by atoms with E-state index in [1.54, 1.807) is 55.8 Å². The van der Waals surface area contributed by atoms with E-state index in [0.29, 0.717) is 33.7 Å². The average molecular weight is 654 g/mol. The lowest BCUT2D eigenvalue weighted by molar-refractivity contribution is 0.00691. The zero-order valence-electron chi connectivity index (χ0n) is 27.6. The first-order chi connectivity index (χ1) is 22.6. The van der Waals surface area contributed by atoms with E-state index in [-0.39, 0.29) is 28.3 Å². The van der Waals surface area contributed by atoms with E-state index in [4.69, 9.17) is 14.6 Å². The molecule has 48 heavy (non-hydrogen) atoms. The summed E-state index contributed by atoms with van der Waals surface area (Å²) >= 11 is 0. The third-order valence-corrected chi connectivity index (χ3v) is 6.88. The highest BCUT2D eigenvalue weighted by Crippen LogP contribution is 2.29. The molecular formula is C35H36FN7O5. The third-order valence-electron chi connectivity index (χ3n) is 6.88. The SMILES string of the molecule is CNC(=O)c1cc(Oc2ccc(NC(=O)Nc3cc(C(C)(C)C)nn3-c3ccc4ncc(C(=O)OC(C)(C)C)cc4c3)c(F)c2)ccn1. The molecule has 0 atom stereocenters. The molecule has 3 N–H and O–H groups in total. The number of anilines is 2. The first-order valence-electron chi connectivity index (χ1n) is 15.1. The maximum absolute atomic E-state index is 15.1. The molecule has 0 fully saturated rings. The maximum Gasteiger partial charge on any atom is 0.340 e. The molecule has 5 rings (SSSR count). The molecular weight excluding hydrogens is 617 g/mol. The highest BCUT2D eigenvalue weighted by molar-refractivity contribution is 6.00. The molecule has 13 heteroatoms. The van der Waals surface area contributed by atoms with E-state index < -0.39 is 29.3 Å². The number of amides is 3. The molecule has 0 spiro atoms. The maximum atomic E-state index is 15.1. The van der Waals surface area contributed by atoms with Crippen molar-refractivity contribution < 1.29 is 28.2 Å². The molecule has 0 bridgehead atoms. The van der Waals surface area contributed by atoms with E-state index in [1.807, 2.05) is 20.8 Å². The number of rotatable bonds is 7. The van der Waals surface area contributed by atoms with Crippen LogP contribution in [0.3, 0.4) is 0 Å². The Kier molecular flexibility index (Phi) is 9.15. The Morgan fingerprint density at radius 3 is 2.29 bits per heavy atom. The van der Waals surface area contributed by atoms with Crippen LogP contribution in [0.1, 0.15) is 68.1 Å². The van der Waals surface area contributed by atoms with Crippen LogP contribution in [0.25, 0.3) is 16.6 Å². The number of esters is 1. The number of hydrogen-bond donors (Lipinski definition) is 3. The number of aromatic nitrogens is 4. The van der Waals surface area contributed by atoms with Gasteiger partial charge in [0, 0.05) is 48.4 Å². The Morgan fingerprint density at radius 2 is 1.60 bits per heavy atom. The Balaban J connectivity index is 1.37. The van der Waals surface area contributed by atoms with Crippen LogP contribution in [0, 0.1) is 5.82 Å². The van der Waals surface area contributed by atoms with Gasteiger partial charge in [-0.3, -0.25) is 20.1 Å². The van der Waals surface area contributed by atoms with Crippen molar-refractivity contribution in [2.45, 2.75) is 52.6 Å². The fourth-order valence-electron chi connectivity index (χ4n) is 4.53. The fourth-order valence-corrected chi connectivity index (χ4v) is 4.53. The van der Waals surface area contributed by atoms with Crippen LogP contribution in [0.4, 0.5) is 20.7 Å². The number of halogens is 1. The summed E-state index contributed by atoms with van der Waals surface area (Å²) in [6, 6.07) is 15.0. The Bertz CT molecular complexity index is 2030. The van der Waals surface area contributed by atoms with E-state index in [2.05, 4.69) is 25.9 Å². The highest BCUT2D eigenvalue weighted by atomic mass is 19.1.